The van der Waals surface area contributed by atoms with Crippen LogP contribution in [-0.4, -0.2) is 42.4 Å². The second-order valence-corrected chi connectivity index (χ2v) is 5.77. The molecule has 0 spiro atoms. The van der Waals surface area contributed by atoms with Gasteiger partial charge in [-0.2, -0.15) is 5.10 Å². The second-order valence-electron chi connectivity index (χ2n) is 5.77. The number of hydrogen-bond donors (Lipinski definition) is 2. The fourth-order valence-corrected chi connectivity index (χ4v) is 2.61. The number of carbonyl (C=O) groups is 1. The molecule has 0 aliphatic carbocycles. The minimum atomic E-state index is -0.0876. The molecule has 7 heteroatoms. The van der Waals surface area contributed by atoms with Crippen molar-refractivity contribution in [3.8, 4) is 5.75 Å². The summed E-state index contributed by atoms with van der Waals surface area (Å²) in [4.78, 5) is 12.2. The van der Waals surface area contributed by atoms with Crippen LogP contribution in [0.2, 0.25) is 0 Å². The standard InChI is InChI=1S/C18H22N4O2.ClH/c1-24-17-4-2-15(3-5-17)12-22-13-16(11-21-22)18(23)20-10-14-6-8-19-9-7-14;/h2-6,11,13,19H,7-10,12H2,1H3,(H,20,23);1H. The minimum Gasteiger partial charge on any atom is -0.497 e. The molecule has 2 aromatic rings. The maximum atomic E-state index is 12.2. The van der Waals surface area contributed by atoms with Crippen LogP contribution in [0.4, 0.5) is 0 Å². The van der Waals surface area contributed by atoms with Crippen molar-refractivity contribution in [1.82, 2.24) is 20.4 Å². The number of carbonyl (C=O) groups excluding carboxylic acids is 1. The quantitative estimate of drug-likeness (QED) is 0.771. The molecule has 1 aliphatic heterocycles. The predicted molar refractivity (Wildman–Crippen MR) is 99.5 cm³/mol. The Hall–Kier alpha value is -2.31. The molecular weight excluding hydrogens is 340 g/mol. The smallest absolute Gasteiger partial charge is 0.254 e. The molecule has 0 fully saturated rings. The lowest BCUT2D eigenvalue weighted by atomic mass is 10.1. The molecule has 0 atom stereocenters. The normalized spacial score (nSPS) is 13.6. The highest BCUT2D eigenvalue weighted by Gasteiger charge is 2.10. The van der Waals surface area contributed by atoms with E-state index in [0.29, 0.717) is 18.7 Å². The number of rotatable bonds is 6. The highest BCUT2D eigenvalue weighted by Crippen LogP contribution is 2.12. The number of benzene rings is 1. The van der Waals surface area contributed by atoms with E-state index in [0.717, 1.165) is 30.8 Å². The van der Waals surface area contributed by atoms with Crippen molar-refractivity contribution in [1.29, 1.82) is 0 Å². The average Bonchev–Trinajstić information content (AvgIpc) is 3.10. The third-order valence-corrected chi connectivity index (χ3v) is 4.03. The van der Waals surface area contributed by atoms with Gasteiger partial charge in [-0.15, -0.1) is 12.4 Å². The summed E-state index contributed by atoms with van der Waals surface area (Å²) in [5, 5.41) is 10.5. The Kier molecular flexibility index (Phi) is 7.03. The van der Waals surface area contributed by atoms with Gasteiger partial charge in [-0.25, -0.2) is 0 Å². The SMILES string of the molecule is COc1ccc(Cn2cc(C(=O)NCC3=CCNCC3)cn2)cc1.Cl. The van der Waals surface area contributed by atoms with Gasteiger partial charge in [-0.1, -0.05) is 23.8 Å². The fraction of sp³-hybridized carbons (Fsp3) is 0.333. The van der Waals surface area contributed by atoms with Gasteiger partial charge in [0.05, 0.1) is 25.4 Å². The van der Waals surface area contributed by atoms with Gasteiger partial charge in [0.1, 0.15) is 5.75 Å². The van der Waals surface area contributed by atoms with Crippen molar-refractivity contribution < 1.29 is 9.53 Å². The Morgan fingerprint density at radius 3 is 2.84 bits per heavy atom. The Bertz CT molecular complexity index is 725. The number of nitrogens with one attached hydrogen (secondary N) is 2. The van der Waals surface area contributed by atoms with E-state index in [1.54, 1.807) is 24.2 Å². The van der Waals surface area contributed by atoms with Crippen LogP contribution in [0.15, 0.2) is 48.3 Å². The van der Waals surface area contributed by atoms with Gasteiger partial charge in [-0.3, -0.25) is 9.48 Å². The lowest BCUT2D eigenvalue weighted by Crippen LogP contribution is -2.29. The van der Waals surface area contributed by atoms with Crippen LogP contribution in [0, 0.1) is 0 Å². The summed E-state index contributed by atoms with van der Waals surface area (Å²) < 4.78 is 6.91. The molecule has 0 saturated heterocycles. The van der Waals surface area contributed by atoms with Gasteiger partial charge in [0.2, 0.25) is 0 Å². The lowest BCUT2D eigenvalue weighted by Gasteiger charge is -2.14. The van der Waals surface area contributed by atoms with E-state index < -0.39 is 0 Å². The number of methoxy groups -OCH3 is 1. The van der Waals surface area contributed by atoms with E-state index in [1.165, 1.54) is 5.57 Å². The monoisotopic (exact) mass is 362 g/mol. The van der Waals surface area contributed by atoms with Gasteiger partial charge in [0.15, 0.2) is 0 Å². The Balaban J connectivity index is 0.00000225. The predicted octanol–water partition coefficient (Wildman–Crippen LogP) is 2.01. The van der Waals surface area contributed by atoms with E-state index in [1.807, 2.05) is 24.3 Å². The van der Waals surface area contributed by atoms with Crippen LogP contribution < -0.4 is 15.4 Å². The number of nitrogens with zero attached hydrogens (tertiary/aromatic N) is 2. The molecule has 0 radical (unpaired) electrons. The van der Waals surface area contributed by atoms with Crippen molar-refractivity contribution in [3.63, 3.8) is 0 Å². The fourth-order valence-electron chi connectivity index (χ4n) is 2.61. The van der Waals surface area contributed by atoms with Crippen molar-refractivity contribution in [2.45, 2.75) is 13.0 Å². The summed E-state index contributed by atoms with van der Waals surface area (Å²) in [6.45, 7) is 3.07. The van der Waals surface area contributed by atoms with E-state index in [9.17, 15) is 4.79 Å². The van der Waals surface area contributed by atoms with Crippen molar-refractivity contribution in [3.05, 3.63) is 59.4 Å². The Morgan fingerprint density at radius 2 is 2.16 bits per heavy atom. The zero-order chi connectivity index (χ0) is 16.8. The molecule has 1 aromatic heterocycles. The van der Waals surface area contributed by atoms with Gasteiger partial charge in [0.25, 0.3) is 5.91 Å². The molecular formula is C18H23ClN4O2. The van der Waals surface area contributed by atoms with Crippen LogP contribution in [0.3, 0.4) is 0 Å². The third kappa shape index (κ3) is 5.34. The van der Waals surface area contributed by atoms with Gasteiger partial charge < -0.3 is 15.4 Å². The first-order valence-corrected chi connectivity index (χ1v) is 8.07. The Morgan fingerprint density at radius 1 is 1.36 bits per heavy atom. The highest BCUT2D eigenvalue weighted by molar-refractivity contribution is 5.93. The second kappa shape index (κ2) is 9.25. The lowest BCUT2D eigenvalue weighted by molar-refractivity contribution is 0.0956. The van der Waals surface area contributed by atoms with E-state index in [4.69, 9.17) is 4.74 Å². The summed E-state index contributed by atoms with van der Waals surface area (Å²) in [6.07, 6.45) is 6.50. The van der Waals surface area contributed by atoms with Crippen LogP contribution in [0.5, 0.6) is 5.75 Å². The van der Waals surface area contributed by atoms with Crippen molar-refractivity contribution >= 4 is 18.3 Å². The van der Waals surface area contributed by atoms with Gasteiger partial charge >= 0.3 is 0 Å². The molecule has 0 bridgehead atoms. The minimum absolute atomic E-state index is 0. The van der Waals surface area contributed by atoms with Gasteiger partial charge in [0, 0.05) is 19.3 Å². The van der Waals surface area contributed by atoms with Crippen LogP contribution >= 0.6 is 12.4 Å². The first kappa shape index (κ1) is 19.0. The van der Waals surface area contributed by atoms with Crippen LogP contribution in [0.25, 0.3) is 0 Å². The maximum absolute atomic E-state index is 12.2. The van der Waals surface area contributed by atoms with Crippen LogP contribution in [-0.2, 0) is 6.54 Å². The number of amides is 1. The molecule has 2 heterocycles. The molecule has 0 unspecified atom stereocenters. The molecule has 25 heavy (non-hydrogen) atoms. The van der Waals surface area contributed by atoms with Gasteiger partial charge in [-0.05, 0) is 30.7 Å². The molecule has 1 aromatic carbocycles. The number of halogens is 1. The first-order chi connectivity index (χ1) is 11.7. The zero-order valence-electron chi connectivity index (χ0n) is 14.2. The molecule has 2 N–H and O–H groups in total. The summed E-state index contributed by atoms with van der Waals surface area (Å²) in [7, 11) is 1.65. The molecule has 1 aliphatic rings. The molecule has 0 saturated carbocycles. The molecule has 6 nitrogen and oxygen atoms in total. The maximum Gasteiger partial charge on any atom is 0.254 e. The van der Waals surface area contributed by atoms with E-state index >= 15 is 0 Å². The average molecular weight is 363 g/mol. The topological polar surface area (TPSA) is 68.2 Å². The summed E-state index contributed by atoms with van der Waals surface area (Å²) in [5.41, 5.74) is 2.96. The van der Waals surface area contributed by atoms with E-state index in [2.05, 4.69) is 21.8 Å². The zero-order valence-corrected chi connectivity index (χ0v) is 15.0. The molecule has 134 valence electrons. The first-order valence-electron chi connectivity index (χ1n) is 8.07. The van der Waals surface area contributed by atoms with Crippen molar-refractivity contribution in [2.24, 2.45) is 0 Å². The number of aromatic nitrogens is 2. The number of ether oxygens (including phenoxy) is 1. The largest absolute Gasteiger partial charge is 0.497 e. The summed E-state index contributed by atoms with van der Waals surface area (Å²) in [6, 6.07) is 7.81. The molecule has 1 amide bonds. The summed E-state index contributed by atoms with van der Waals surface area (Å²) in [5.74, 6) is 0.738. The van der Waals surface area contributed by atoms with Crippen LogP contribution in [0.1, 0.15) is 22.3 Å². The highest BCUT2D eigenvalue weighted by atomic mass is 35.5. The third-order valence-electron chi connectivity index (χ3n) is 4.03. The Labute approximate surface area is 153 Å². The van der Waals surface area contributed by atoms with E-state index in [-0.39, 0.29) is 18.3 Å². The molecule has 3 rings (SSSR count). The summed E-state index contributed by atoms with van der Waals surface area (Å²) >= 11 is 0. The van der Waals surface area contributed by atoms with Crippen molar-refractivity contribution in [2.75, 3.05) is 26.7 Å². The number of hydrogen-bond acceptors (Lipinski definition) is 4.